The van der Waals surface area contributed by atoms with E-state index in [0.29, 0.717) is 4.90 Å². The van der Waals surface area contributed by atoms with E-state index in [1.165, 1.54) is 0 Å². The van der Waals surface area contributed by atoms with Crippen LogP contribution < -0.4 is 4.72 Å². The Morgan fingerprint density at radius 2 is 1.83 bits per heavy atom. The number of methoxy groups -OCH3 is 1. The molecule has 0 saturated heterocycles. The Balaban J connectivity index is 2.12. The van der Waals surface area contributed by atoms with Gasteiger partial charge in [-0.25, -0.2) is 13.1 Å². The van der Waals surface area contributed by atoms with Gasteiger partial charge in [0.2, 0.25) is 10.0 Å². The molecule has 1 aromatic carbocycles. The van der Waals surface area contributed by atoms with Crippen LogP contribution in [0.15, 0.2) is 35.2 Å². The minimum Gasteiger partial charge on any atom is -0.380 e. The maximum Gasteiger partial charge on any atom is 0.240 e. The lowest BCUT2D eigenvalue weighted by molar-refractivity contribution is 0.0493. The van der Waals surface area contributed by atoms with Crippen molar-refractivity contribution in [3.8, 4) is 0 Å². The molecule has 0 unspecified atom stereocenters. The van der Waals surface area contributed by atoms with Gasteiger partial charge in [0.25, 0.3) is 0 Å². The van der Waals surface area contributed by atoms with E-state index in [2.05, 4.69) is 4.72 Å². The van der Waals surface area contributed by atoms with Crippen LogP contribution in [0.25, 0.3) is 0 Å². The number of ether oxygens (including phenoxy) is 1. The van der Waals surface area contributed by atoms with Crippen molar-refractivity contribution in [2.75, 3.05) is 7.11 Å². The maximum atomic E-state index is 12.2. The second-order valence-electron chi connectivity index (χ2n) is 4.60. The topological polar surface area (TPSA) is 55.4 Å². The first kappa shape index (κ1) is 13.5. The van der Waals surface area contributed by atoms with Crippen LogP contribution in [0.5, 0.6) is 0 Å². The van der Waals surface area contributed by atoms with Gasteiger partial charge in [0, 0.05) is 13.2 Å². The van der Waals surface area contributed by atoms with Crippen molar-refractivity contribution in [2.24, 2.45) is 0 Å². The van der Waals surface area contributed by atoms with Gasteiger partial charge in [-0.05, 0) is 25.0 Å². The van der Waals surface area contributed by atoms with Gasteiger partial charge in [0.05, 0.1) is 11.0 Å². The van der Waals surface area contributed by atoms with Crippen LogP contribution in [0.4, 0.5) is 0 Å². The molecule has 5 heteroatoms. The standard InChI is InChI=1S/C13H19NO3S/c1-17-13-10-6-5-9-12(13)14-18(15,16)11-7-3-2-4-8-11/h2-4,7-8,12-14H,5-6,9-10H2,1H3/t12-,13-/m0/s1. The molecule has 0 bridgehead atoms. The van der Waals surface area contributed by atoms with Crippen molar-refractivity contribution in [1.82, 2.24) is 4.72 Å². The molecule has 0 heterocycles. The van der Waals surface area contributed by atoms with Crippen LogP contribution in [0.2, 0.25) is 0 Å². The molecule has 18 heavy (non-hydrogen) atoms. The van der Waals surface area contributed by atoms with Crippen LogP contribution in [0, 0.1) is 0 Å². The number of nitrogens with one attached hydrogen (secondary N) is 1. The molecule has 4 nitrogen and oxygen atoms in total. The molecule has 1 aliphatic carbocycles. The summed E-state index contributed by atoms with van der Waals surface area (Å²) < 4.78 is 32.5. The largest absolute Gasteiger partial charge is 0.380 e. The molecule has 100 valence electrons. The van der Waals surface area contributed by atoms with Crippen LogP contribution in [0.1, 0.15) is 25.7 Å². The molecule has 0 radical (unpaired) electrons. The summed E-state index contributed by atoms with van der Waals surface area (Å²) in [6.07, 6.45) is 3.88. The predicted molar refractivity (Wildman–Crippen MR) is 69.8 cm³/mol. The molecular formula is C13H19NO3S. The second-order valence-corrected chi connectivity index (χ2v) is 6.31. The zero-order valence-corrected chi connectivity index (χ0v) is 11.3. The van der Waals surface area contributed by atoms with Crippen LogP contribution in [0.3, 0.4) is 0 Å². The van der Waals surface area contributed by atoms with Gasteiger partial charge in [0.15, 0.2) is 0 Å². The quantitative estimate of drug-likeness (QED) is 0.908. The predicted octanol–water partition coefficient (Wildman–Crippen LogP) is 1.92. The van der Waals surface area contributed by atoms with E-state index < -0.39 is 10.0 Å². The lowest BCUT2D eigenvalue weighted by Crippen LogP contribution is -2.45. The Hall–Kier alpha value is -0.910. The number of hydrogen-bond acceptors (Lipinski definition) is 3. The molecule has 1 fully saturated rings. The van der Waals surface area contributed by atoms with Gasteiger partial charge in [-0.1, -0.05) is 31.0 Å². The fourth-order valence-electron chi connectivity index (χ4n) is 2.38. The van der Waals surface area contributed by atoms with Gasteiger partial charge < -0.3 is 4.74 Å². The maximum absolute atomic E-state index is 12.2. The van der Waals surface area contributed by atoms with Crippen molar-refractivity contribution in [3.63, 3.8) is 0 Å². The minimum absolute atomic E-state index is 0.0164. The van der Waals surface area contributed by atoms with E-state index in [1.54, 1.807) is 37.4 Å². The Labute approximate surface area is 108 Å². The Bertz CT molecular complexity index is 472. The average Bonchev–Trinajstić information content (AvgIpc) is 2.40. The summed E-state index contributed by atoms with van der Waals surface area (Å²) in [5.74, 6) is 0. The number of hydrogen-bond donors (Lipinski definition) is 1. The number of rotatable bonds is 4. The summed E-state index contributed by atoms with van der Waals surface area (Å²) in [5, 5.41) is 0. The van der Waals surface area contributed by atoms with Crippen LogP contribution in [-0.4, -0.2) is 27.7 Å². The van der Waals surface area contributed by atoms with E-state index in [-0.39, 0.29) is 12.1 Å². The van der Waals surface area contributed by atoms with E-state index in [9.17, 15) is 8.42 Å². The van der Waals surface area contributed by atoms with Crippen molar-refractivity contribution in [1.29, 1.82) is 0 Å². The van der Waals surface area contributed by atoms with E-state index in [1.807, 2.05) is 0 Å². The first-order chi connectivity index (χ1) is 8.63. The average molecular weight is 269 g/mol. The lowest BCUT2D eigenvalue weighted by Gasteiger charge is -2.30. The molecule has 0 aliphatic heterocycles. The van der Waals surface area contributed by atoms with Crippen LogP contribution in [-0.2, 0) is 14.8 Å². The van der Waals surface area contributed by atoms with Crippen molar-refractivity contribution < 1.29 is 13.2 Å². The van der Waals surface area contributed by atoms with Crippen LogP contribution >= 0.6 is 0 Å². The Morgan fingerprint density at radius 3 is 2.50 bits per heavy atom. The van der Waals surface area contributed by atoms with E-state index >= 15 is 0 Å². The third-order valence-electron chi connectivity index (χ3n) is 3.37. The Kier molecular flexibility index (Phi) is 4.37. The van der Waals surface area contributed by atoms with Crippen molar-refractivity contribution >= 4 is 10.0 Å². The second kappa shape index (κ2) is 5.82. The molecule has 1 aromatic rings. The van der Waals surface area contributed by atoms with Crippen molar-refractivity contribution in [3.05, 3.63) is 30.3 Å². The Morgan fingerprint density at radius 1 is 1.17 bits per heavy atom. The lowest BCUT2D eigenvalue weighted by atomic mass is 9.93. The third kappa shape index (κ3) is 3.10. The first-order valence-electron chi connectivity index (χ1n) is 6.23. The molecule has 0 spiro atoms. The smallest absolute Gasteiger partial charge is 0.240 e. The molecular weight excluding hydrogens is 250 g/mol. The molecule has 0 amide bonds. The molecule has 2 atom stereocenters. The summed E-state index contributed by atoms with van der Waals surface area (Å²) in [5.41, 5.74) is 0. The molecule has 2 rings (SSSR count). The molecule has 0 aromatic heterocycles. The van der Waals surface area contributed by atoms with E-state index in [0.717, 1.165) is 25.7 Å². The summed E-state index contributed by atoms with van der Waals surface area (Å²) in [4.78, 5) is 0.311. The van der Waals surface area contributed by atoms with Gasteiger partial charge in [-0.2, -0.15) is 0 Å². The summed E-state index contributed by atoms with van der Waals surface area (Å²) in [6, 6.07) is 8.35. The summed E-state index contributed by atoms with van der Waals surface area (Å²) >= 11 is 0. The van der Waals surface area contributed by atoms with Gasteiger partial charge in [-0.3, -0.25) is 0 Å². The van der Waals surface area contributed by atoms with Gasteiger partial charge in [-0.15, -0.1) is 0 Å². The van der Waals surface area contributed by atoms with Gasteiger partial charge >= 0.3 is 0 Å². The zero-order valence-electron chi connectivity index (χ0n) is 10.5. The van der Waals surface area contributed by atoms with Gasteiger partial charge in [0.1, 0.15) is 0 Å². The van der Waals surface area contributed by atoms with Crippen molar-refractivity contribution in [2.45, 2.75) is 42.7 Å². The summed E-state index contributed by atoms with van der Waals surface area (Å²) in [7, 11) is -1.79. The summed E-state index contributed by atoms with van der Waals surface area (Å²) in [6.45, 7) is 0. The highest BCUT2D eigenvalue weighted by Gasteiger charge is 2.29. The molecule has 1 aliphatic rings. The highest BCUT2D eigenvalue weighted by molar-refractivity contribution is 7.89. The minimum atomic E-state index is -3.43. The van der Waals surface area contributed by atoms with E-state index in [4.69, 9.17) is 4.74 Å². The molecule has 1 saturated carbocycles. The monoisotopic (exact) mass is 269 g/mol. The number of benzene rings is 1. The molecule has 1 N–H and O–H groups in total. The highest BCUT2D eigenvalue weighted by Crippen LogP contribution is 2.22. The highest BCUT2D eigenvalue weighted by atomic mass is 32.2. The third-order valence-corrected chi connectivity index (χ3v) is 4.87. The number of sulfonamides is 1. The first-order valence-corrected chi connectivity index (χ1v) is 7.72. The zero-order chi connectivity index (χ0) is 13.0. The SMILES string of the molecule is CO[C@H]1CCCC[C@@H]1NS(=O)(=O)c1ccccc1. The fraction of sp³-hybridized carbons (Fsp3) is 0.538. The fourth-order valence-corrected chi connectivity index (χ4v) is 3.70. The normalized spacial score (nSPS) is 24.9.